The number of nitrogens with zero attached hydrogens (tertiary/aromatic N) is 2. The summed E-state index contributed by atoms with van der Waals surface area (Å²) in [6.45, 7) is 2.78. The van der Waals surface area contributed by atoms with E-state index in [0.717, 1.165) is 0 Å². The highest BCUT2D eigenvalue weighted by Gasteiger charge is 2.38. The number of carboxylic acid groups (broad SMARTS) is 1. The van der Waals surface area contributed by atoms with Crippen molar-refractivity contribution in [1.82, 2.24) is 15.6 Å². The third-order valence-corrected chi connectivity index (χ3v) is 5.95. The van der Waals surface area contributed by atoms with Crippen LogP contribution >= 0.6 is 15.9 Å². The van der Waals surface area contributed by atoms with Crippen LogP contribution in [-0.2, 0) is 0 Å². The number of hydrogen-bond donors (Lipinski definition) is 3. The molecule has 1 saturated heterocycles. The highest BCUT2D eigenvalue weighted by atomic mass is 79.9. The topological polar surface area (TPSA) is 94.6 Å². The van der Waals surface area contributed by atoms with Crippen LogP contribution in [0.1, 0.15) is 49.4 Å². The van der Waals surface area contributed by atoms with Gasteiger partial charge in [-0.15, -0.1) is 0 Å². The first kappa shape index (κ1) is 20.8. The second-order valence-corrected chi connectivity index (χ2v) is 8.64. The lowest BCUT2D eigenvalue weighted by Gasteiger charge is -2.30. The van der Waals surface area contributed by atoms with Gasteiger partial charge in [0.25, 0.3) is 5.91 Å². The predicted molar refractivity (Wildman–Crippen MR) is 103 cm³/mol. The minimum atomic E-state index is -2.65. The number of amides is 2. The molecular weight excluding hydrogens is 438 g/mol. The first-order valence-corrected chi connectivity index (χ1v) is 9.96. The quantitative estimate of drug-likeness (QED) is 0.639. The molecule has 3 rings (SSSR count). The molecule has 1 aromatic heterocycles. The molecule has 2 heterocycles. The lowest BCUT2D eigenvalue weighted by molar-refractivity contribution is -0.0399. The maximum Gasteiger partial charge on any atom is 0.405 e. The number of aromatic nitrogens is 1. The molecule has 2 amide bonds. The van der Waals surface area contributed by atoms with Gasteiger partial charge in [0.15, 0.2) is 0 Å². The van der Waals surface area contributed by atoms with Crippen LogP contribution in [0.2, 0.25) is 0 Å². The van der Waals surface area contributed by atoms with Crippen LogP contribution in [0.15, 0.2) is 16.9 Å². The number of nitrogens with one attached hydrogen (secondary N) is 2. The Hall–Kier alpha value is -1.97. The van der Waals surface area contributed by atoms with Crippen LogP contribution in [0.4, 0.5) is 19.3 Å². The fourth-order valence-electron chi connectivity index (χ4n) is 3.88. The monoisotopic (exact) mass is 460 g/mol. The second kappa shape index (κ2) is 7.81. The summed E-state index contributed by atoms with van der Waals surface area (Å²) in [4.78, 5) is 29.9. The molecule has 0 radical (unpaired) electrons. The fourth-order valence-corrected chi connectivity index (χ4v) is 4.46. The zero-order valence-electron chi connectivity index (χ0n) is 15.5. The van der Waals surface area contributed by atoms with E-state index in [1.165, 1.54) is 6.20 Å². The van der Waals surface area contributed by atoms with Crippen molar-refractivity contribution in [1.29, 1.82) is 0 Å². The van der Waals surface area contributed by atoms with Crippen LogP contribution in [0.3, 0.4) is 0 Å². The lowest BCUT2D eigenvalue weighted by atomic mass is 9.92. The van der Waals surface area contributed by atoms with Crippen LogP contribution in [0, 0.1) is 0 Å². The average Bonchev–Trinajstić information content (AvgIpc) is 2.97. The van der Waals surface area contributed by atoms with Crippen LogP contribution in [-0.4, -0.2) is 52.7 Å². The minimum Gasteiger partial charge on any atom is -0.465 e. The molecule has 1 aliphatic heterocycles. The summed E-state index contributed by atoms with van der Waals surface area (Å²) in [5, 5.41) is 14.4. The summed E-state index contributed by atoms with van der Waals surface area (Å²) in [7, 11) is 0. The molecule has 3 N–H and O–H groups in total. The lowest BCUT2D eigenvalue weighted by Crippen LogP contribution is -2.47. The van der Waals surface area contributed by atoms with Gasteiger partial charge >= 0.3 is 6.09 Å². The van der Waals surface area contributed by atoms with E-state index in [1.807, 2.05) is 11.8 Å². The summed E-state index contributed by atoms with van der Waals surface area (Å²) < 4.78 is 27.3. The number of anilines is 1. The summed E-state index contributed by atoms with van der Waals surface area (Å²) in [5.41, 5.74) is 0.341. The Balaban J connectivity index is 1.75. The van der Waals surface area contributed by atoms with E-state index in [1.54, 1.807) is 6.20 Å². The van der Waals surface area contributed by atoms with Crippen molar-refractivity contribution < 1.29 is 23.5 Å². The summed E-state index contributed by atoms with van der Waals surface area (Å²) >= 11 is 3.43. The van der Waals surface area contributed by atoms with Crippen molar-refractivity contribution in [3.63, 3.8) is 0 Å². The Bertz CT molecular complexity index is 769. The van der Waals surface area contributed by atoms with Crippen molar-refractivity contribution in [2.24, 2.45) is 0 Å². The molecule has 2 aliphatic rings. The molecule has 10 heteroatoms. The van der Waals surface area contributed by atoms with Crippen molar-refractivity contribution in [2.75, 3.05) is 18.0 Å². The Morgan fingerprint density at radius 3 is 2.61 bits per heavy atom. The molecule has 0 spiro atoms. The van der Waals surface area contributed by atoms with E-state index in [-0.39, 0.29) is 37.6 Å². The van der Waals surface area contributed by atoms with E-state index in [2.05, 4.69) is 31.5 Å². The number of rotatable bonds is 4. The zero-order valence-corrected chi connectivity index (χ0v) is 17.1. The van der Waals surface area contributed by atoms with Gasteiger partial charge in [-0.3, -0.25) is 9.78 Å². The third-order valence-electron chi connectivity index (χ3n) is 5.37. The number of carbonyl (C=O) groups excluding carboxylic acids is 1. The molecule has 1 atom stereocenters. The molecule has 0 unspecified atom stereocenters. The summed E-state index contributed by atoms with van der Waals surface area (Å²) in [6.07, 6.45) is 2.54. The van der Waals surface area contributed by atoms with Gasteiger partial charge in [-0.25, -0.2) is 13.6 Å². The molecule has 28 heavy (non-hydrogen) atoms. The Morgan fingerprint density at radius 2 is 1.96 bits per heavy atom. The average molecular weight is 461 g/mol. The van der Waals surface area contributed by atoms with E-state index in [9.17, 15) is 18.4 Å². The molecule has 0 aromatic carbocycles. The first-order chi connectivity index (χ1) is 13.1. The van der Waals surface area contributed by atoms with Crippen LogP contribution in [0.5, 0.6) is 0 Å². The van der Waals surface area contributed by atoms with Gasteiger partial charge in [0, 0.05) is 44.4 Å². The van der Waals surface area contributed by atoms with Crippen LogP contribution in [0.25, 0.3) is 0 Å². The van der Waals surface area contributed by atoms with Crippen molar-refractivity contribution >= 4 is 33.6 Å². The van der Waals surface area contributed by atoms with Crippen LogP contribution < -0.4 is 15.5 Å². The van der Waals surface area contributed by atoms with E-state index < -0.39 is 17.6 Å². The molecule has 1 saturated carbocycles. The highest BCUT2D eigenvalue weighted by molar-refractivity contribution is 9.10. The second-order valence-electron chi connectivity index (χ2n) is 7.78. The van der Waals surface area contributed by atoms with Crippen molar-refractivity contribution in [2.45, 2.75) is 56.5 Å². The Morgan fingerprint density at radius 1 is 1.29 bits per heavy atom. The molecular formula is C18H23BrF2N4O3. The minimum absolute atomic E-state index is 0.229. The molecule has 1 aromatic rings. The SMILES string of the molecule is C[C@]1(NC(=O)O)CCN(c2c(Br)cncc2C(=O)NC2CCC(F)(F)CC2)C1. The zero-order chi connectivity index (χ0) is 20.5. The number of alkyl halides is 2. The number of carbonyl (C=O) groups is 2. The highest BCUT2D eigenvalue weighted by Crippen LogP contribution is 2.36. The summed E-state index contributed by atoms with van der Waals surface area (Å²) in [6, 6.07) is -0.295. The molecule has 2 fully saturated rings. The Labute approximate surface area is 170 Å². The van der Waals surface area contributed by atoms with E-state index in [4.69, 9.17) is 5.11 Å². The van der Waals surface area contributed by atoms with Gasteiger partial charge in [0.05, 0.1) is 21.3 Å². The third kappa shape index (κ3) is 4.71. The predicted octanol–water partition coefficient (Wildman–Crippen LogP) is 3.39. The first-order valence-electron chi connectivity index (χ1n) is 9.17. The van der Waals surface area contributed by atoms with Gasteiger partial charge in [-0.05, 0) is 42.1 Å². The van der Waals surface area contributed by atoms with E-state index in [0.29, 0.717) is 35.2 Å². The number of pyridine rings is 1. The maximum atomic E-state index is 13.3. The summed E-state index contributed by atoms with van der Waals surface area (Å²) in [5.74, 6) is -3.01. The smallest absolute Gasteiger partial charge is 0.405 e. The van der Waals surface area contributed by atoms with Gasteiger partial charge in [-0.1, -0.05) is 0 Å². The normalized spacial score (nSPS) is 24.8. The van der Waals surface area contributed by atoms with E-state index >= 15 is 0 Å². The molecule has 7 nitrogen and oxygen atoms in total. The Kier molecular flexibility index (Phi) is 5.79. The number of hydrogen-bond acceptors (Lipinski definition) is 4. The van der Waals surface area contributed by atoms with Crippen molar-refractivity contribution in [3.8, 4) is 0 Å². The maximum absolute atomic E-state index is 13.3. The fraction of sp³-hybridized carbons (Fsp3) is 0.611. The van der Waals surface area contributed by atoms with Gasteiger partial charge < -0.3 is 20.6 Å². The van der Waals surface area contributed by atoms with Crippen molar-refractivity contribution in [3.05, 3.63) is 22.4 Å². The molecule has 154 valence electrons. The standard InChI is InChI=1S/C18H23BrF2N4O3/c1-17(24-16(27)28)6-7-25(10-17)14-12(8-22-9-13(14)19)15(26)23-11-2-4-18(20,21)5-3-11/h8-9,11,24H,2-7,10H2,1H3,(H,23,26)(H,27,28)/t17-/m0/s1. The molecule has 1 aliphatic carbocycles. The van der Waals surface area contributed by atoms with Gasteiger partial charge in [0.2, 0.25) is 5.92 Å². The van der Waals surface area contributed by atoms with Gasteiger partial charge in [-0.2, -0.15) is 0 Å². The molecule has 0 bridgehead atoms. The van der Waals surface area contributed by atoms with Gasteiger partial charge in [0.1, 0.15) is 0 Å². The number of halogens is 3. The largest absolute Gasteiger partial charge is 0.465 e.